The fourth-order valence-corrected chi connectivity index (χ4v) is 3.09. The van der Waals surface area contributed by atoms with Crippen LogP contribution in [0.3, 0.4) is 0 Å². The summed E-state index contributed by atoms with van der Waals surface area (Å²) in [7, 11) is 0. The molecule has 0 aliphatic carbocycles. The summed E-state index contributed by atoms with van der Waals surface area (Å²) in [6.45, 7) is 0.710. The summed E-state index contributed by atoms with van der Waals surface area (Å²) in [6.07, 6.45) is 1.78. The molecule has 3 aromatic rings. The second kappa shape index (κ2) is 6.28. The number of likely N-dealkylation sites (tertiary alicyclic amines) is 1. The molecule has 2 aromatic carbocycles. The molecule has 1 aliphatic rings. The first-order valence-electron chi connectivity index (χ1n) is 8.08. The topological polar surface area (TPSA) is 59.2 Å². The summed E-state index contributed by atoms with van der Waals surface area (Å²) >= 11 is 0. The Balaban J connectivity index is 1.60. The smallest absolute Gasteiger partial charge is 0.254 e. The van der Waals surface area contributed by atoms with Crippen molar-refractivity contribution in [3.63, 3.8) is 0 Å². The predicted molar refractivity (Wildman–Crippen MR) is 89.2 cm³/mol. The minimum Gasteiger partial charge on any atom is -0.337 e. The Labute approximate surface area is 139 Å². The lowest BCUT2D eigenvalue weighted by molar-refractivity contribution is 0.0710. The lowest BCUT2D eigenvalue weighted by atomic mass is 10.1. The highest BCUT2D eigenvalue weighted by atomic mass is 16.5. The van der Waals surface area contributed by atoms with Gasteiger partial charge in [-0.2, -0.15) is 4.98 Å². The molecular formula is C19H17N3O2. The number of nitrogens with zero attached hydrogens (tertiary/aromatic N) is 3. The summed E-state index contributed by atoms with van der Waals surface area (Å²) in [5.74, 6) is 1.08. The molecule has 0 spiro atoms. The van der Waals surface area contributed by atoms with Gasteiger partial charge in [0.05, 0.1) is 0 Å². The molecule has 24 heavy (non-hydrogen) atoms. The van der Waals surface area contributed by atoms with Gasteiger partial charge in [-0.3, -0.25) is 4.79 Å². The SMILES string of the molecule is O=C(c1ccccc1)N1CCC[C@H]1c1nc(-c2ccccc2)no1. The van der Waals surface area contributed by atoms with Gasteiger partial charge in [-0.05, 0) is 25.0 Å². The van der Waals surface area contributed by atoms with Crippen LogP contribution in [0.4, 0.5) is 0 Å². The van der Waals surface area contributed by atoms with E-state index in [0.717, 1.165) is 18.4 Å². The minimum atomic E-state index is -0.150. The maximum atomic E-state index is 12.7. The second-order valence-corrected chi connectivity index (χ2v) is 5.84. The molecule has 2 heterocycles. The first-order chi connectivity index (χ1) is 11.8. The summed E-state index contributed by atoms with van der Waals surface area (Å²) in [5.41, 5.74) is 1.60. The maximum absolute atomic E-state index is 12.7. The number of amides is 1. The van der Waals surface area contributed by atoms with Crippen LogP contribution < -0.4 is 0 Å². The molecule has 0 bridgehead atoms. The molecule has 1 aromatic heterocycles. The van der Waals surface area contributed by atoms with Gasteiger partial charge in [0, 0.05) is 17.7 Å². The third kappa shape index (κ3) is 2.69. The van der Waals surface area contributed by atoms with Crippen molar-refractivity contribution in [2.45, 2.75) is 18.9 Å². The fourth-order valence-electron chi connectivity index (χ4n) is 3.09. The summed E-state index contributed by atoms with van der Waals surface area (Å²) in [5, 5.41) is 4.07. The average molecular weight is 319 g/mol. The first-order valence-corrected chi connectivity index (χ1v) is 8.08. The van der Waals surface area contributed by atoms with Gasteiger partial charge >= 0.3 is 0 Å². The van der Waals surface area contributed by atoms with Gasteiger partial charge in [-0.1, -0.05) is 53.7 Å². The first kappa shape index (κ1) is 14.6. The van der Waals surface area contributed by atoms with Crippen LogP contribution in [0.25, 0.3) is 11.4 Å². The molecule has 0 N–H and O–H groups in total. The standard InChI is InChI=1S/C19H17N3O2/c23-19(15-10-5-2-6-11-15)22-13-7-12-16(22)18-20-17(21-24-18)14-8-3-1-4-9-14/h1-6,8-11,16H,7,12-13H2/t16-/m0/s1. The second-order valence-electron chi connectivity index (χ2n) is 5.84. The van der Waals surface area contributed by atoms with E-state index in [9.17, 15) is 4.79 Å². The average Bonchev–Trinajstić information content (AvgIpc) is 3.32. The summed E-state index contributed by atoms with van der Waals surface area (Å²) in [6, 6.07) is 18.9. The summed E-state index contributed by atoms with van der Waals surface area (Å²) < 4.78 is 5.46. The zero-order valence-corrected chi connectivity index (χ0v) is 13.1. The zero-order valence-electron chi connectivity index (χ0n) is 13.1. The van der Waals surface area contributed by atoms with Crippen molar-refractivity contribution >= 4 is 5.91 Å². The van der Waals surface area contributed by atoms with Gasteiger partial charge in [0.2, 0.25) is 11.7 Å². The molecule has 1 saturated heterocycles. The van der Waals surface area contributed by atoms with Crippen LogP contribution >= 0.6 is 0 Å². The Morgan fingerprint density at radius 2 is 1.75 bits per heavy atom. The number of carbonyl (C=O) groups is 1. The molecule has 1 amide bonds. The van der Waals surface area contributed by atoms with Crippen LogP contribution in [0.2, 0.25) is 0 Å². The Bertz CT molecular complexity index is 830. The molecule has 0 unspecified atom stereocenters. The van der Waals surface area contributed by atoms with E-state index in [4.69, 9.17) is 4.52 Å². The van der Waals surface area contributed by atoms with Crippen molar-refractivity contribution in [3.05, 3.63) is 72.1 Å². The number of rotatable bonds is 3. The van der Waals surface area contributed by atoms with Crippen molar-refractivity contribution in [1.82, 2.24) is 15.0 Å². The highest BCUT2D eigenvalue weighted by molar-refractivity contribution is 5.94. The van der Waals surface area contributed by atoms with Crippen molar-refractivity contribution in [3.8, 4) is 11.4 Å². The lowest BCUT2D eigenvalue weighted by Gasteiger charge is -2.21. The van der Waals surface area contributed by atoms with Crippen LogP contribution in [0, 0.1) is 0 Å². The van der Waals surface area contributed by atoms with Crippen LogP contribution in [-0.4, -0.2) is 27.5 Å². The lowest BCUT2D eigenvalue weighted by Crippen LogP contribution is -2.30. The maximum Gasteiger partial charge on any atom is 0.254 e. The van der Waals surface area contributed by atoms with E-state index < -0.39 is 0 Å². The molecule has 4 rings (SSSR count). The van der Waals surface area contributed by atoms with E-state index in [1.807, 2.05) is 65.6 Å². The number of carbonyl (C=O) groups excluding carboxylic acids is 1. The van der Waals surface area contributed by atoms with Gasteiger partial charge in [-0.25, -0.2) is 0 Å². The molecule has 1 fully saturated rings. The summed E-state index contributed by atoms with van der Waals surface area (Å²) in [4.78, 5) is 19.1. The fraction of sp³-hybridized carbons (Fsp3) is 0.211. The van der Waals surface area contributed by atoms with Gasteiger partial charge in [0.15, 0.2) is 0 Å². The van der Waals surface area contributed by atoms with Crippen LogP contribution in [0.5, 0.6) is 0 Å². The molecule has 120 valence electrons. The minimum absolute atomic E-state index is 0.0116. The molecular weight excluding hydrogens is 302 g/mol. The third-order valence-corrected chi connectivity index (χ3v) is 4.29. The number of aromatic nitrogens is 2. The third-order valence-electron chi connectivity index (χ3n) is 4.29. The number of hydrogen-bond donors (Lipinski definition) is 0. The van der Waals surface area contributed by atoms with E-state index in [-0.39, 0.29) is 11.9 Å². The van der Waals surface area contributed by atoms with Crippen LogP contribution in [0.1, 0.15) is 35.1 Å². The van der Waals surface area contributed by atoms with Crippen molar-refractivity contribution in [1.29, 1.82) is 0 Å². The highest BCUT2D eigenvalue weighted by Gasteiger charge is 2.34. The van der Waals surface area contributed by atoms with Crippen molar-refractivity contribution in [2.75, 3.05) is 6.54 Å². The molecule has 5 heteroatoms. The van der Waals surface area contributed by atoms with Gasteiger partial charge < -0.3 is 9.42 Å². The van der Waals surface area contributed by atoms with Crippen LogP contribution in [0.15, 0.2) is 65.2 Å². The van der Waals surface area contributed by atoms with E-state index >= 15 is 0 Å². The molecule has 5 nitrogen and oxygen atoms in total. The zero-order chi connectivity index (χ0) is 16.4. The van der Waals surface area contributed by atoms with E-state index in [1.54, 1.807) is 0 Å². The number of benzene rings is 2. The van der Waals surface area contributed by atoms with Crippen molar-refractivity contribution in [2.24, 2.45) is 0 Å². The quantitative estimate of drug-likeness (QED) is 0.738. The number of hydrogen-bond acceptors (Lipinski definition) is 4. The van der Waals surface area contributed by atoms with E-state index in [2.05, 4.69) is 10.1 Å². The Morgan fingerprint density at radius 3 is 2.50 bits per heavy atom. The van der Waals surface area contributed by atoms with Gasteiger partial charge in [-0.15, -0.1) is 0 Å². The van der Waals surface area contributed by atoms with Gasteiger partial charge in [0.25, 0.3) is 5.91 Å². The predicted octanol–water partition coefficient (Wildman–Crippen LogP) is 3.71. The monoisotopic (exact) mass is 319 g/mol. The van der Waals surface area contributed by atoms with Gasteiger partial charge in [0.1, 0.15) is 6.04 Å². The normalized spacial score (nSPS) is 17.2. The van der Waals surface area contributed by atoms with E-state index in [0.29, 0.717) is 23.8 Å². The Kier molecular flexibility index (Phi) is 3.83. The molecule has 0 saturated carbocycles. The van der Waals surface area contributed by atoms with Crippen molar-refractivity contribution < 1.29 is 9.32 Å². The molecule has 1 aliphatic heterocycles. The van der Waals surface area contributed by atoms with E-state index in [1.165, 1.54) is 0 Å². The van der Waals surface area contributed by atoms with Crippen LogP contribution in [-0.2, 0) is 0 Å². The highest BCUT2D eigenvalue weighted by Crippen LogP contribution is 2.33. The molecule has 0 radical (unpaired) electrons. The Hall–Kier alpha value is -2.95. The Morgan fingerprint density at radius 1 is 1.04 bits per heavy atom. The largest absolute Gasteiger partial charge is 0.337 e. The molecule has 1 atom stereocenters.